The lowest BCUT2D eigenvalue weighted by Crippen LogP contribution is -2.18. The van der Waals surface area contributed by atoms with E-state index in [2.05, 4.69) is 15.3 Å². The number of rotatable bonds is 5. The molecule has 0 aliphatic heterocycles. The van der Waals surface area contributed by atoms with Gasteiger partial charge in [0.05, 0.1) is 5.71 Å². The first kappa shape index (κ1) is 15.1. The summed E-state index contributed by atoms with van der Waals surface area (Å²) >= 11 is 0. The maximum Gasteiger partial charge on any atom is 0.387 e. The fourth-order valence-corrected chi connectivity index (χ4v) is 1.41. The summed E-state index contributed by atoms with van der Waals surface area (Å²) in [7, 11) is 0. The van der Waals surface area contributed by atoms with E-state index in [4.69, 9.17) is 0 Å². The van der Waals surface area contributed by atoms with Gasteiger partial charge in [-0.2, -0.15) is 13.9 Å². The Bertz CT molecular complexity index is 488. The minimum atomic E-state index is -2.90. The van der Waals surface area contributed by atoms with Crippen LogP contribution in [0.2, 0.25) is 0 Å². The van der Waals surface area contributed by atoms with Crippen molar-refractivity contribution in [2.45, 2.75) is 33.8 Å². The van der Waals surface area contributed by atoms with Crippen molar-refractivity contribution in [2.75, 3.05) is 0 Å². The van der Waals surface area contributed by atoms with Crippen LogP contribution in [0.25, 0.3) is 0 Å². The fraction of sp³-hybridized carbons (Fsp3) is 0.385. The van der Waals surface area contributed by atoms with Crippen molar-refractivity contribution in [1.82, 2.24) is 5.43 Å². The highest BCUT2D eigenvalue weighted by atomic mass is 19.3. The predicted molar refractivity (Wildman–Crippen MR) is 68.5 cm³/mol. The Hall–Kier alpha value is -1.98. The highest BCUT2D eigenvalue weighted by Crippen LogP contribution is 2.22. The van der Waals surface area contributed by atoms with Gasteiger partial charge in [0.25, 0.3) is 0 Å². The van der Waals surface area contributed by atoms with E-state index in [0.29, 0.717) is 17.7 Å². The van der Waals surface area contributed by atoms with E-state index in [-0.39, 0.29) is 11.7 Å². The minimum absolute atomic E-state index is 0.0348. The van der Waals surface area contributed by atoms with Gasteiger partial charge in [-0.25, -0.2) is 5.43 Å². The molecule has 0 bridgehead atoms. The molecule has 0 atom stereocenters. The topological polar surface area (TPSA) is 50.7 Å². The lowest BCUT2D eigenvalue weighted by Gasteiger charge is -2.11. The molecular formula is C13H16F2N2O2. The van der Waals surface area contributed by atoms with Crippen LogP contribution in [0.15, 0.2) is 23.3 Å². The highest BCUT2D eigenvalue weighted by Gasteiger charge is 2.12. The van der Waals surface area contributed by atoms with Crippen molar-refractivity contribution < 1.29 is 18.3 Å². The molecule has 0 saturated carbocycles. The summed E-state index contributed by atoms with van der Waals surface area (Å²) in [5.74, 6) is -0.212. The molecule has 0 aliphatic rings. The van der Waals surface area contributed by atoms with Crippen molar-refractivity contribution >= 4 is 11.6 Å². The number of amides is 1. The molecule has 19 heavy (non-hydrogen) atoms. The molecule has 6 heteroatoms. The number of ether oxygens (including phenoxy) is 1. The van der Waals surface area contributed by atoms with E-state index in [1.165, 1.54) is 6.07 Å². The van der Waals surface area contributed by atoms with E-state index in [0.717, 1.165) is 5.56 Å². The van der Waals surface area contributed by atoms with Crippen molar-refractivity contribution in [1.29, 1.82) is 0 Å². The number of hydrazone groups is 1. The van der Waals surface area contributed by atoms with Crippen LogP contribution in [0.3, 0.4) is 0 Å². The first-order chi connectivity index (χ1) is 8.93. The molecule has 0 heterocycles. The van der Waals surface area contributed by atoms with Gasteiger partial charge in [0.15, 0.2) is 0 Å². The summed E-state index contributed by atoms with van der Waals surface area (Å²) in [5, 5.41) is 3.87. The van der Waals surface area contributed by atoms with E-state index >= 15 is 0 Å². The number of halogens is 2. The van der Waals surface area contributed by atoms with Crippen LogP contribution >= 0.6 is 0 Å². The van der Waals surface area contributed by atoms with Crippen molar-refractivity contribution in [3.8, 4) is 5.75 Å². The molecule has 1 aromatic rings. The molecule has 0 aliphatic carbocycles. The molecule has 104 valence electrons. The number of alkyl halides is 2. The number of nitrogens with zero attached hydrogens (tertiary/aromatic N) is 1. The van der Waals surface area contributed by atoms with Gasteiger partial charge in [0.2, 0.25) is 5.91 Å². The van der Waals surface area contributed by atoms with Crippen LogP contribution in [0, 0.1) is 6.92 Å². The minimum Gasteiger partial charge on any atom is -0.434 e. The smallest absolute Gasteiger partial charge is 0.387 e. The molecule has 1 aromatic carbocycles. The molecule has 0 fully saturated rings. The standard InChI is InChI=1S/C13H16F2N2O2/c1-4-12(18)17-16-9(3)10-7-8(2)5-6-11(10)19-13(14)15/h5-7,13H,4H2,1-3H3,(H,17,18)/b16-9+. The summed E-state index contributed by atoms with van der Waals surface area (Å²) in [4.78, 5) is 11.1. The van der Waals surface area contributed by atoms with Gasteiger partial charge in [-0.3, -0.25) is 4.79 Å². The lowest BCUT2D eigenvalue weighted by molar-refractivity contribution is -0.120. The molecule has 0 saturated heterocycles. The summed E-state index contributed by atoms with van der Waals surface area (Å²) in [6.07, 6.45) is 0.297. The maximum absolute atomic E-state index is 12.3. The second-order valence-corrected chi connectivity index (χ2v) is 3.96. The number of hydrogen-bond acceptors (Lipinski definition) is 3. The number of aryl methyl sites for hydroxylation is 1. The summed E-state index contributed by atoms with van der Waals surface area (Å²) in [6.45, 7) is 2.23. The number of carbonyl (C=O) groups is 1. The first-order valence-electron chi connectivity index (χ1n) is 5.83. The summed E-state index contributed by atoms with van der Waals surface area (Å²) in [5.41, 5.74) is 4.05. The van der Waals surface area contributed by atoms with Crippen molar-refractivity contribution in [2.24, 2.45) is 5.10 Å². The van der Waals surface area contributed by atoms with Gasteiger partial charge in [0, 0.05) is 12.0 Å². The summed E-state index contributed by atoms with van der Waals surface area (Å²) in [6, 6.07) is 4.80. The van der Waals surface area contributed by atoms with E-state index in [9.17, 15) is 13.6 Å². The molecule has 0 spiro atoms. The van der Waals surface area contributed by atoms with Crippen LogP contribution in [-0.4, -0.2) is 18.2 Å². The van der Waals surface area contributed by atoms with Gasteiger partial charge < -0.3 is 4.74 Å². The third-order valence-electron chi connectivity index (χ3n) is 2.41. The second kappa shape index (κ2) is 6.82. The van der Waals surface area contributed by atoms with E-state index in [1.54, 1.807) is 26.0 Å². The highest BCUT2D eigenvalue weighted by molar-refractivity contribution is 6.01. The van der Waals surface area contributed by atoms with Crippen LogP contribution in [0.1, 0.15) is 31.4 Å². The molecule has 4 nitrogen and oxygen atoms in total. The molecule has 1 rings (SSSR count). The number of carbonyl (C=O) groups excluding carboxylic acids is 1. The zero-order valence-electron chi connectivity index (χ0n) is 11.0. The van der Waals surface area contributed by atoms with E-state index < -0.39 is 6.61 Å². The number of nitrogens with one attached hydrogen (secondary N) is 1. The molecule has 0 aromatic heterocycles. The zero-order chi connectivity index (χ0) is 14.4. The Morgan fingerprint density at radius 2 is 2.16 bits per heavy atom. The molecule has 1 amide bonds. The summed E-state index contributed by atoms with van der Waals surface area (Å²) < 4.78 is 29.0. The Labute approximate surface area is 110 Å². The largest absolute Gasteiger partial charge is 0.434 e. The van der Waals surface area contributed by atoms with Crippen LogP contribution in [-0.2, 0) is 4.79 Å². The lowest BCUT2D eigenvalue weighted by atomic mass is 10.1. The maximum atomic E-state index is 12.3. The van der Waals surface area contributed by atoms with Crippen LogP contribution in [0.4, 0.5) is 8.78 Å². The molecule has 1 N–H and O–H groups in total. The average Bonchev–Trinajstić information content (AvgIpc) is 2.37. The van der Waals surface area contributed by atoms with Gasteiger partial charge >= 0.3 is 6.61 Å². The average molecular weight is 270 g/mol. The Kier molecular flexibility index (Phi) is 5.41. The van der Waals surface area contributed by atoms with Crippen molar-refractivity contribution in [3.63, 3.8) is 0 Å². The Morgan fingerprint density at radius 3 is 2.74 bits per heavy atom. The number of benzene rings is 1. The predicted octanol–water partition coefficient (Wildman–Crippen LogP) is 2.85. The van der Waals surface area contributed by atoms with Gasteiger partial charge in [-0.1, -0.05) is 18.6 Å². The second-order valence-electron chi connectivity index (χ2n) is 3.96. The third-order valence-corrected chi connectivity index (χ3v) is 2.41. The van der Waals surface area contributed by atoms with Crippen molar-refractivity contribution in [3.05, 3.63) is 29.3 Å². The van der Waals surface area contributed by atoms with Gasteiger partial charge in [-0.15, -0.1) is 0 Å². The third kappa shape index (κ3) is 4.65. The fourth-order valence-electron chi connectivity index (χ4n) is 1.41. The molecular weight excluding hydrogens is 254 g/mol. The van der Waals surface area contributed by atoms with Crippen LogP contribution in [0.5, 0.6) is 5.75 Å². The van der Waals surface area contributed by atoms with Crippen LogP contribution < -0.4 is 10.2 Å². The monoisotopic (exact) mass is 270 g/mol. The Balaban J connectivity index is 3.02. The first-order valence-corrected chi connectivity index (χ1v) is 5.83. The number of hydrogen-bond donors (Lipinski definition) is 1. The van der Waals surface area contributed by atoms with E-state index in [1.807, 2.05) is 6.92 Å². The SMILES string of the molecule is CCC(=O)N/N=C(\C)c1cc(C)ccc1OC(F)F. The van der Waals surface area contributed by atoms with Gasteiger partial charge in [0.1, 0.15) is 5.75 Å². The molecule has 0 unspecified atom stereocenters. The quantitative estimate of drug-likeness (QED) is 0.660. The zero-order valence-corrected chi connectivity index (χ0v) is 11.0. The van der Waals surface area contributed by atoms with Gasteiger partial charge in [-0.05, 0) is 26.0 Å². The molecule has 0 radical (unpaired) electrons. The normalized spacial score (nSPS) is 11.6. The Morgan fingerprint density at radius 1 is 1.47 bits per heavy atom.